The largest absolute Gasteiger partial charge is 0.464 e. The Bertz CT molecular complexity index is 603. The summed E-state index contributed by atoms with van der Waals surface area (Å²) in [5.41, 5.74) is 0. The maximum atomic E-state index is 13.1. The van der Waals surface area contributed by atoms with E-state index in [-0.39, 0.29) is 17.0 Å². The van der Waals surface area contributed by atoms with Crippen LogP contribution in [0.15, 0.2) is 18.2 Å². The lowest BCUT2D eigenvalue weighted by Gasteiger charge is -2.08. The Kier molecular flexibility index (Phi) is 5.10. The Labute approximate surface area is 126 Å². The van der Waals surface area contributed by atoms with Gasteiger partial charge in [0.25, 0.3) is 0 Å². The zero-order valence-electron chi connectivity index (χ0n) is 11.6. The Morgan fingerprint density at radius 3 is 2.62 bits per heavy atom. The molecule has 1 aromatic carbocycles. The van der Waals surface area contributed by atoms with Crippen molar-refractivity contribution in [1.29, 1.82) is 0 Å². The van der Waals surface area contributed by atoms with Crippen LogP contribution < -0.4 is 14.8 Å². The summed E-state index contributed by atoms with van der Waals surface area (Å²) in [7, 11) is 0. The number of benzene rings is 1. The third-order valence-electron chi connectivity index (χ3n) is 2.30. The summed E-state index contributed by atoms with van der Waals surface area (Å²) in [5.74, 6) is 0.125. The molecular weight excluding hydrogens is 299 g/mol. The van der Waals surface area contributed by atoms with Crippen molar-refractivity contribution in [3.8, 4) is 17.8 Å². The lowest BCUT2D eigenvalue weighted by molar-refractivity contribution is 0.304. The van der Waals surface area contributed by atoms with E-state index in [0.717, 1.165) is 0 Å². The van der Waals surface area contributed by atoms with Gasteiger partial charge < -0.3 is 14.8 Å². The summed E-state index contributed by atoms with van der Waals surface area (Å²) < 4.78 is 23.8. The highest BCUT2D eigenvalue weighted by atomic mass is 35.5. The molecule has 0 saturated carbocycles. The molecular formula is C13H14ClFN4O2. The van der Waals surface area contributed by atoms with Gasteiger partial charge in [-0.3, -0.25) is 0 Å². The van der Waals surface area contributed by atoms with Crippen LogP contribution in [0.3, 0.4) is 0 Å². The number of halogens is 2. The van der Waals surface area contributed by atoms with Gasteiger partial charge in [-0.2, -0.15) is 9.97 Å². The van der Waals surface area contributed by atoms with Gasteiger partial charge in [0.15, 0.2) is 0 Å². The van der Waals surface area contributed by atoms with E-state index in [0.29, 0.717) is 24.8 Å². The van der Waals surface area contributed by atoms with Crippen molar-refractivity contribution in [1.82, 2.24) is 15.0 Å². The van der Waals surface area contributed by atoms with Crippen molar-refractivity contribution in [3.63, 3.8) is 0 Å². The van der Waals surface area contributed by atoms with Crippen LogP contribution in [0.25, 0.3) is 0 Å². The third kappa shape index (κ3) is 4.16. The topological polar surface area (TPSA) is 69.2 Å². The van der Waals surface area contributed by atoms with E-state index in [9.17, 15) is 4.39 Å². The molecule has 112 valence electrons. The molecule has 0 aliphatic heterocycles. The minimum Gasteiger partial charge on any atom is -0.464 e. The van der Waals surface area contributed by atoms with Gasteiger partial charge in [-0.25, -0.2) is 4.39 Å². The average molecular weight is 313 g/mol. The number of anilines is 1. The number of aromatic nitrogens is 3. The lowest BCUT2D eigenvalue weighted by Crippen LogP contribution is -2.07. The van der Waals surface area contributed by atoms with Crippen molar-refractivity contribution in [3.05, 3.63) is 29.0 Å². The Morgan fingerprint density at radius 2 is 1.95 bits per heavy atom. The molecule has 1 heterocycles. The first-order valence-electron chi connectivity index (χ1n) is 6.38. The molecule has 0 aliphatic carbocycles. The van der Waals surface area contributed by atoms with E-state index >= 15 is 0 Å². The van der Waals surface area contributed by atoms with E-state index in [2.05, 4.69) is 20.3 Å². The Hall–Kier alpha value is -2.15. The number of hydrogen-bond donors (Lipinski definition) is 1. The standard InChI is InChI=1S/C13H14ClFN4O2/c1-3-16-11-17-12(20-4-2)19-13(18-11)21-8-5-6-10(15)9(14)7-8/h5-7H,3-4H2,1-2H3,(H,16,17,18,19). The van der Waals surface area contributed by atoms with Crippen LogP contribution in [-0.2, 0) is 0 Å². The number of nitrogens with one attached hydrogen (secondary N) is 1. The molecule has 0 aliphatic rings. The number of hydrogen-bond acceptors (Lipinski definition) is 6. The summed E-state index contributed by atoms with van der Waals surface area (Å²) in [6.07, 6.45) is 0. The average Bonchev–Trinajstić information content (AvgIpc) is 2.43. The van der Waals surface area contributed by atoms with E-state index in [1.54, 1.807) is 0 Å². The molecule has 21 heavy (non-hydrogen) atoms. The molecule has 0 atom stereocenters. The quantitative estimate of drug-likeness (QED) is 0.882. The first kappa shape index (κ1) is 15.2. The van der Waals surface area contributed by atoms with Crippen molar-refractivity contribution in [2.24, 2.45) is 0 Å². The predicted molar refractivity (Wildman–Crippen MR) is 76.6 cm³/mol. The summed E-state index contributed by atoms with van der Waals surface area (Å²) in [4.78, 5) is 12.2. The normalized spacial score (nSPS) is 10.3. The van der Waals surface area contributed by atoms with Crippen molar-refractivity contribution < 1.29 is 13.9 Å². The highest BCUT2D eigenvalue weighted by molar-refractivity contribution is 6.30. The first-order valence-corrected chi connectivity index (χ1v) is 6.75. The predicted octanol–water partition coefficient (Wildman–Crippen LogP) is 3.29. The summed E-state index contributed by atoms with van der Waals surface area (Å²) in [5, 5.41) is 2.90. The Morgan fingerprint density at radius 1 is 1.19 bits per heavy atom. The summed E-state index contributed by atoms with van der Waals surface area (Å²) in [6, 6.07) is 4.15. The minimum absolute atomic E-state index is 0.0343. The fraction of sp³-hybridized carbons (Fsp3) is 0.308. The van der Waals surface area contributed by atoms with Gasteiger partial charge in [-0.15, -0.1) is 4.98 Å². The second kappa shape index (κ2) is 7.03. The van der Waals surface area contributed by atoms with Gasteiger partial charge in [0.2, 0.25) is 5.95 Å². The van der Waals surface area contributed by atoms with Crippen molar-refractivity contribution in [2.75, 3.05) is 18.5 Å². The molecule has 1 N–H and O–H groups in total. The van der Waals surface area contributed by atoms with E-state index in [1.807, 2.05) is 13.8 Å². The van der Waals surface area contributed by atoms with Crippen LogP contribution in [0.4, 0.5) is 10.3 Å². The molecule has 8 heteroatoms. The summed E-state index contributed by atoms with van der Waals surface area (Å²) >= 11 is 5.70. The van der Waals surface area contributed by atoms with Gasteiger partial charge in [0, 0.05) is 12.6 Å². The SMILES string of the molecule is CCNc1nc(OCC)nc(Oc2ccc(F)c(Cl)c2)n1. The molecule has 6 nitrogen and oxygen atoms in total. The number of rotatable bonds is 6. The molecule has 0 unspecified atom stereocenters. The second-order valence-electron chi connectivity index (χ2n) is 3.87. The van der Waals surface area contributed by atoms with Gasteiger partial charge in [0.1, 0.15) is 11.6 Å². The minimum atomic E-state index is -0.525. The summed E-state index contributed by atoms with van der Waals surface area (Å²) in [6.45, 7) is 4.77. The Balaban J connectivity index is 2.26. The van der Waals surface area contributed by atoms with Crippen molar-refractivity contribution in [2.45, 2.75) is 13.8 Å². The van der Waals surface area contributed by atoms with Gasteiger partial charge >= 0.3 is 12.0 Å². The van der Waals surface area contributed by atoms with Crippen molar-refractivity contribution >= 4 is 17.5 Å². The molecule has 0 bridgehead atoms. The zero-order valence-corrected chi connectivity index (χ0v) is 12.3. The smallest absolute Gasteiger partial charge is 0.330 e. The molecule has 1 aromatic heterocycles. The van der Waals surface area contributed by atoms with Gasteiger partial charge in [-0.1, -0.05) is 11.6 Å². The fourth-order valence-corrected chi connectivity index (χ4v) is 1.63. The second-order valence-corrected chi connectivity index (χ2v) is 4.27. The molecule has 0 radical (unpaired) electrons. The van der Waals surface area contributed by atoms with Crippen LogP contribution in [-0.4, -0.2) is 28.1 Å². The van der Waals surface area contributed by atoms with Gasteiger partial charge in [-0.05, 0) is 26.0 Å². The van der Waals surface area contributed by atoms with E-state index in [4.69, 9.17) is 21.1 Å². The van der Waals surface area contributed by atoms with Crippen LogP contribution in [0, 0.1) is 5.82 Å². The molecule has 2 rings (SSSR count). The maximum absolute atomic E-state index is 13.1. The highest BCUT2D eigenvalue weighted by Crippen LogP contribution is 2.25. The molecule has 0 spiro atoms. The molecule has 0 amide bonds. The van der Waals surface area contributed by atoms with Gasteiger partial charge in [0.05, 0.1) is 11.6 Å². The number of ether oxygens (including phenoxy) is 2. The monoisotopic (exact) mass is 312 g/mol. The van der Waals surface area contributed by atoms with Crippen LogP contribution in [0.5, 0.6) is 17.8 Å². The van der Waals surface area contributed by atoms with Crippen LogP contribution in [0.2, 0.25) is 5.02 Å². The third-order valence-corrected chi connectivity index (χ3v) is 2.59. The maximum Gasteiger partial charge on any atom is 0.330 e. The fourth-order valence-electron chi connectivity index (χ4n) is 1.46. The van der Waals surface area contributed by atoms with Crippen LogP contribution >= 0.6 is 11.6 Å². The zero-order chi connectivity index (χ0) is 15.2. The van der Waals surface area contributed by atoms with E-state index in [1.165, 1.54) is 18.2 Å². The highest BCUT2D eigenvalue weighted by Gasteiger charge is 2.10. The van der Waals surface area contributed by atoms with Crippen LogP contribution in [0.1, 0.15) is 13.8 Å². The molecule has 0 saturated heterocycles. The first-order chi connectivity index (χ1) is 10.1. The molecule has 0 fully saturated rings. The van der Waals surface area contributed by atoms with E-state index < -0.39 is 5.82 Å². The lowest BCUT2D eigenvalue weighted by atomic mass is 10.3. The number of nitrogens with zero attached hydrogens (tertiary/aromatic N) is 3. The molecule has 2 aromatic rings.